The number of hydrogen-bond donors (Lipinski definition) is 2. The van der Waals surface area contributed by atoms with Gasteiger partial charge in [0.15, 0.2) is 20.6 Å². The first-order chi connectivity index (χ1) is 15.9. The molecule has 10 heteroatoms. The molecule has 0 unspecified atom stereocenters. The fourth-order valence-corrected chi connectivity index (χ4v) is 4.52. The van der Waals surface area contributed by atoms with E-state index in [0.29, 0.717) is 11.1 Å². The molecule has 2 N–H and O–H groups in total. The lowest BCUT2D eigenvalue weighted by Crippen LogP contribution is -2.17. The number of aromatic nitrogens is 4. The van der Waals surface area contributed by atoms with E-state index >= 15 is 0 Å². The second-order valence-corrected chi connectivity index (χ2v) is 10.0. The average Bonchev–Trinajstić information content (AvgIpc) is 3.49. The number of carbonyl (C=O) groups excluding carboxylic acids is 1. The van der Waals surface area contributed by atoms with Gasteiger partial charge in [-0.15, -0.1) is 0 Å². The van der Waals surface area contributed by atoms with Crippen LogP contribution in [0.25, 0.3) is 22.0 Å². The SMILES string of the molecule is CS(=O)(=O)c1ccc(NC(=O)c2n[nH]c3ccc(-c4cncc(N5CCCC5)c4)cc23)cn1. The lowest BCUT2D eigenvalue weighted by atomic mass is 10.0. The van der Waals surface area contributed by atoms with Crippen LogP contribution in [0.5, 0.6) is 0 Å². The monoisotopic (exact) mass is 462 g/mol. The third kappa shape index (κ3) is 4.29. The van der Waals surface area contributed by atoms with E-state index in [2.05, 4.69) is 36.4 Å². The Morgan fingerprint density at radius 3 is 2.58 bits per heavy atom. The molecule has 0 atom stereocenters. The van der Waals surface area contributed by atoms with E-state index in [1.165, 1.54) is 31.2 Å². The van der Waals surface area contributed by atoms with Gasteiger partial charge in [-0.25, -0.2) is 13.4 Å². The predicted octanol–water partition coefficient (Wildman–Crippen LogP) is 3.28. The van der Waals surface area contributed by atoms with Gasteiger partial charge in [-0.1, -0.05) is 6.07 Å². The Labute approximate surface area is 190 Å². The summed E-state index contributed by atoms with van der Waals surface area (Å²) < 4.78 is 23.1. The lowest BCUT2D eigenvalue weighted by Gasteiger charge is -2.17. The Morgan fingerprint density at radius 2 is 1.85 bits per heavy atom. The maximum atomic E-state index is 12.9. The van der Waals surface area contributed by atoms with Crippen molar-refractivity contribution in [3.8, 4) is 11.1 Å². The highest BCUT2D eigenvalue weighted by atomic mass is 32.2. The van der Waals surface area contributed by atoms with E-state index in [-0.39, 0.29) is 10.7 Å². The van der Waals surface area contributed by atoms with Crippen LogP contribution in [0.2, 0.25) is 0 Å². The number of nitrogens with zero attached hydrogens (tertiary/aromatic N) is 4. The smallest absolute Gasteiger partial charge is 0.276 e. The Hall–Kier alpha value is -3.79. The van der Waals surface area contributed by atoms with E-state index in [0.717, 1.165) is 41.7 Å². The Bertz CT molecular complexity index is 1440. The molecule has 1 fully saturated rings. The molecule has 168 valence electrons. The third-order valence-corrected chi connectivity index (χ3v) is 6.68. The summed E-state index contributed by atoms with van der Waals surface area (Å²) in [4.78, 5) is 23.5. The molecule has 0 radical (unpaired) electrons. The molecular weight excluding hydrogens is 440 g/mol. The van der Waals surface area contributed by atoms with Crippen LogP contribution >= 0.6 is 0 Å². The van der Waals surface area contributed by atoms with Crippen LogP contribution in [0, 0.1) is 0 Å². The van der Waals surface area contributed by atoms with Crippen LogP contribution in [-0.2, 0) is 9.84 Å². The summed E-state index contributed by atoms with van der Waals surface area (Å²) in [5.41, 5.74) is 4.35. The first kappa shape index (κ1) is 21.1. The summed E-state index contributed by atoms with van der Waals surface area (Å²) in [6.07, 6.45) is 8.47. The number of hydrogen-bond acceptors (Lipinski definition) is 7. The molecule has 4 aromatic rings. The van der Waals surface area contributed by atoms with Gasteiger partial charge in [0, 0.05) is 36.5 Å². The van der Waals surface area contributed by atoms with E-state index in [1.54, 1.807) is 0 Å². The van der Waals surface area contributed by atoms with Gasteiger partial charge < -0.3 is 10.2 Å². The molecule has 0 spiro atoms. The molecule has 5 rings (SSSR count). The minimum atomic E-state index is -3.41. The van der Waals surface area contributed by atoms with Crippen molar-refractivity contribution in [2.24, 2.45) is 0 Å². The largest absolute Gasteiger partial charge is 0.370 e. The Morgan fingerprint density at radius 1 is 1.03 bits per heavy atom. The quantitative estimate of drug-likeness (QED) is 0.467. The van der Waals surface area contributed by atoms with Crippen LogP contribution in [-0.4, -0.2) is 53.8 Å². The molecule has 1 aromatic carbocycles. The van der Waals surface area contributed by atoms with E-state index in [1.807, 2.05) is 30.6 Å². The number of aromatic amines is 1. The maximum absolute atomic E-state index is 12.9. The number of nitrogens with one attached hydrogen (secondary N) is 2. The van der Waals surface area contributed by atoms with Crippen molar-refractivity contribution >= 4 is 38.0 Å². The van der Waals surface area contributed by atoms with Crippen LogP contribution < -0.4 is 10.2 Å². The van der Waals surface area contributed by atoms with Gasteiger partial charge in [-0.05, 0) is 48.7 Å². The molecule has 4 heterocycles. The van der Waals surface area contributed by atoms with Gasteiger partial charge in [0.05, 0.1) is 29.3 Å². The van der Waals surface area contributed by atoms with Gasteiger partial charge in [0.25, 0.3) is 5.91 Å². The zero-order chi connectivity index (χ0) is 23.0. The molecule has 33 heavy (non-hydrogen) atoms. The first-order valence-corrected chi connectivity index (χ1v) is 12.4. The highest BCUT2D eigenvalue weighted by Crippen LogP contribution is 2.29. The molecule has 1 saturated heterocycles. The van der Waals surface area contributed by atoms with Crippen LogP contribution in [0.1, 0.15) is 23.3 Å². The number of sulfone groups is 1. The van der Waals surface area contributed by atoms with Gasteiger partial charge >= 0.3 is 0 Å². The van der Waals surface area contributed by atoms with Gasteiger partial charge in [0.1, 0.15) is 0 Å². The number of rotatable bonds is 5. The zero-order valence-electron chi connectivity index (χ0n) is 17.9. The fraction of sp³-hybridized carbons (Fsp3) is 0.217. The molecule has 0 saturated carbocycles. The summed E-state index contributed by atoms with van der Waals surface area (Å²) in [6, 6.07) is 10.8. The van der Waals surface area contributed by atoms with Crippen molar-refractivity contribution in [3.63, 3.8) is 0 Å². The minimum Gasteiger partial charge on any atom is -0.370 e. The molecule has 1 aliphatic rings. The van der Waals surface area contributed by atoms with Gasteiger partial charge in [-0.2, -0.15) is 5.10 Å². The van der Waals surface area contributed by atoms with Crippen molar-refractivity contribution < 1.29 is 13.2 Å². The molecule has 1 aliphatic heterocycles. The second kappa shape index (κ2) is 8.28. The predicted molar refractivity (Wildman–Crippen MR) is 126 cm³/mol. The normalized spacial score (nSPS) is 14.0. The van der Waals surface area contributed by atoms with Gasteiger partial charge in [0.2, 0.25) is 0 Å². The van der Waals surface area contributed by atoms with E-state index in [4.69, 9.17) is 0 Å². The number of carbonyl (C=O) groups is 1. The first-order valence-electron chi connectivity index (χ1n) is 10.5. The number of pyridine rings is 2. The minimum absolute atomic E-state index is 0.0554. The van der Waals surface area contributed by atoms with Crippen molar-refractivity contribution in [2.45, 2.75) is 17.9 Å². The summed E-state index contributed by atoms with van der Waals surface area (Å²) in [5.74, 6) is -0.420. The second-order valence-electron chi connectivity index (χ2n) is 8.07. The number of fused-ring (bicyclic) bond motifs is 1. The molecule has 0 bridgehead atoms. The number of amides is 1. The Kier molecular flexibility index (Phi) is 5.29. The molecule has 9 nitrogen and oxygen atoms in total. The third-order valence-electron chi connectivity index (χ3n) is 5.68. The van der Waals surface area contributed by atoms with Crippen LogP contribution in [0.3, 0.4) is 0 Å². The van der Waals surface area contributed by atoms with Crippen molar-refractivity contribution in [1.82, 2.24) is 20.2 Å². The summed E-state index contributed by atoms with van der Waals surface area (Å²) >= 11 is 0. The zero-order valence-corrected chi connectivity index (χ0v) is 18.8. The maximum Gasteiger partial charge on any atom is 0.276 e. The van der Waals surface area contributed by atoms with E-state index < -0.39 is 15.7 Å². The van der Waals surface area contributed by atoms with Crippen molar-refractivity contribution in [1.29, 1.82) is 0 Å². The van der Waals surface area contributed by atoms with E-state index in [9.17, 15) is 13.2 Å². The van der Waals surface area contributed by atoms with Crippen molar-refractivity contribution in [3.05, 3.63) is 60.7 Å². The molecule has 3 aromatic heterocycles. The van der Waals surface area contributed by atoms with Gasteiger partial charge in [-0.3, -0.25) is 14.9 Å². The summed E-state index contributed by atoms with van der Waals surface area (Å²) in [5, 5.41) is 10.4. The lowest BCUT2D eigenvalue weighted by molar-refractivity contribution is 0.102. The number of anilines is 2. The molecular formula is C23H22N6O3S. The number of benzene rings is 1. The summed E-state index contributed by atoms with van der Waals surface area (Å²) in [7, 11) is -3.41. The molecule has 0 aliphatic carbocycles. The van der Waals surface area contributed by atoms with Crippen LogP contribution in [0.15, 0.2) is 60.0 Å². The fourth-order valence-electron chi connectivity index (χ4n) is 3.96. The number of H-pyrrole nitrogens is 1. The van der Waals surface area contributed by atoms with Crippen molar-refractivity contribution in [2.75, 3.05) is 29.6 Å². The highest BCUT2D eigenvalue weighted by Gasteiger charge is 2.17. The molecule has 1 amide bonds. The highest BCUT2D eigenvalue weighted by molar-refractivity contribution is 7.90. The summed E-state index contributed by atoms with van der Waals surface area (Å²) in [6.45, 7) is 2.08. The van der Waals surface area contributed by atoms with Crippen LogP contribution in [0.4, 0.5) is 11.4 Å². The Balaban J connectivity index is 1.43. The average molecular weight is 463 g/mol. The standard InChI is InChI=1S/C23H22N6O3S/c1-33(31,32)21-7-5-17(13-25-21)26-23(30)22-19-11-15(4-6-20(19)27-28-22)16-10-18(14-24-12-16)29-8-2-3-9-29/h4-7,10-14H,2-3,8-9H2,1H3,(H,26,30)(H,27,28). The topological polar surface area (TPSA) is 121 Å².